The lowest BCUT2D eigenvalue weighted by molar-refractivity contribution is -0.167. The third-order valence-corrected chi connectivity index (χ3v) is 13.8. The maximum atomic E-state index is 12.9. The fourth-order valence-electron chi connectivity index (χ4n) is 9.04. The highest BCUT2D eigenvalue weighted by Gasteiger charge is 2.19. The predicted octanol–water partition coefficient (Wildman–Crippen LogP) is 21.0. The second-order valence-corrected chi connectivity index (χ2v) is 21.0. The van der Waals surface area contributed by atoms with Gasteiger partial charge in [-0.2, -0.15) is 0 Å². The van der Waals surface area contributed by atoms with Crippen molar-refractivity contribution in [1.29, 1.82) is 0 Å². The van der Waals surface area contributed by atoms with Gasteiger partial charge in [0.25, 0.3) is 0 Å². The Labute approximate surface area is 441 Å². The second-order valence-electron chi connectivity index (χ2n) is 21.0. The van der Waals surface area contributed by atoms with Gasteiger partial charge in [-0.3, -0.25) is 14.4 Å². The molecule has 0 aromatic rings. The first kappa shape index (κ1) is 68.4. The summed E-state index contributed by atoms with van der Waals surface area (Å²) in [5.74, 6) is -0.883. The van der Waals surface area contributed by atoms with E-state index < -0.39 is 6.10 Å². The minimum Gasteiger partial charge on any atom is -0.462 e. The minimum absolute atomic E-state index is 0.0786. The molecule has 0 aromatic heterocycles. The van der Waals surface area contributed by atoms with Gasteiger partial charge in [0.05, 0.1) is 0 Å². The van der Waals surface area contributed by atoms with E-state index in [1.165, 1.54) is 212 Å². The monoisotopic (exact) mass is 995 g/mol. The number of ether oxygens (including phenoxy) is 3. The average Bonchev–Trinajstić information content (AvgIpc) is 3.37. The van der Waals surface area contributed by atoms with E-state index in [0.29, 0.717) is 19.3 Å². The number of rotatable bonds is 57. The molecule has 0 fully saturated rings. The van der Waals surface area contributed by atoms with Crippen LogP contribution >= 0.6 is 0 Å². The van der Waals surface area contributed by atoms with Crippen LogP contribution in [0.1, 0.15) is 329 Å². The molecule has 71 heavy (non-hydrogen) atoms. The van der Waals surface area contributed by atoms with Crippen molar-refractivity contribution in [3.63, 3.8) is 0 Å². The number of carbonyl (C=O) groups excluding carboxylic acids is 3. The third kappa shape index (κ3) is 58.1. The quantitative estimate of drug-likeness (QED) is 0.0261. The van der Waals surface area contributed by atoms with Gasteiger partial charge in [0.1, 0.15) is 13.2 Å². The first-order valence-electron chi connectivity index (χ1n) is 31.1. The molecule has 0 aliphatic carbocycles. The van der Waals surface area contributed by atoms with Crippen molar-refractivity contribution >= 4 is 17.9 Å². The molecule has 0 aliphatic rings. The highest BCUT2D eigenvalue weighted by Crippen LogP contribution is 2.16. The van der Waals surface area contributed by atoms with E-state index in [1.54, 1.807) is 0 Å². The van der Waals surface area contributed by atoms with Gasteiger partial charge in [-0.1, -0.05) is 262 Å². The molecular formula is C65H118O6. The lowest BCUT2D eigenvalue weighted by Gasteiger charge is -2.18. The summed E-state index contributed by atoms with van der Waals surface area (Å²) in [7, 11) is 0. The Balaban J connectivity index is 4.34. The van der Waals surface area contributed by atoms with Crippen LogP contribution in [-0.4, -0.2) is 37.2 Å². The number of esters is 3. The molecule has 6 heteroatoms. The highest BCUT2D eigenvalue weighted by atomic mass is 16.6. The zero-order valence-electron chi connectivity index (χ0n) is 47.5. The van der Waals surface area contributed by atoms with Crippen LogP contribution in [0.2, 0.25) is 0 Å². The molecule has 0 bridgehead atoms. The van der Waals surface area contributed by atoms with Crippen LogP contribution in [0.15, 0.2) is 48.6 Å². The molecule has 0 radical (unpaired) electrons. The summed E-state index contributed by atoms with van der Waals surface area (Å²) < 4.78 is 16.9. The first-order chi connectivity index (χ1) is 35.0. The third-order valence-electron chi connectivity index (χ3n) is 13.8. The van der Waals surface area contributed by atoms with Crippen molar-refractivity contribution in [3.05, 3.63) is 48.6 Å². The lowest BCUT2D eigenvalue weighted by atomic mass is 10.1. The van der Waals surface area contributed by atoms with Gasteiger partial charge in [0.15, 0.2) is 6.10 Å². The van der Waals surface area contributed by atoms with E-state index in [4.69, 9.17) is 14.2 Å². The van der Waals surface area contributed by atoms with Crippen molar-refractivity contribution < 1.29 is 28.6 Å². The molecule has 0 rings (SSSR count). The second kappa shape index (κ2) is 59.9. The summed E-state index contributed by atoms with van der Waals surface area (Å²) in [6.45, 7) is 6.62. The number of allylic oxidation sites excluding steroid dienone is 8. The molecule has 6 nitrogen and oxygen atoms in total. The van der Waals surface area contributed by atoms with Crippen LogP contribution in [0.4, 0.5) is 0 Å². The molecule has 0 amide bonds. The van der Waals surface area contributed by atoms with Crippen LogP contribution in [0, 0.1) is 0 Å². The maximum Gasteiger partial charge on any atom is 0.306 e. The number of hydrogen-bond acceptors (Lipinski definition) is 6. The fourth-order valence-corrected chi connectivity index (χ4v) is 9.04. The Hall–Kier alpha value is -2.63. The van der Waals surface area contributed by atoms with E-state index >= 15 is 0 Å². The molecule has 0 aromatic carbocycles. The topological polar surface area (TPSA) is 78.9 Å². The number of hydrogen-bond donors (Lipinski definition) is 0. The summed E-state index contributed by atoms with van der Waals surface area (Å²) in [6, 6.07) is 0. The van der Waals surface area contributed by atoms with E-state index in [2.05, 4.69) is 69.4 Å². The first-order valence-corrected chi connectivity index (χ1v) is 31.1. The van der Waals surface area contributed by atoms with Crippen LogP contribution in [-0.2, 0) is 28.6 Å². The van der Waals surface area contributed by atoms with Crippen LogP contribution in [0.25, 0.3) is 0 Å². The largest absolute Gasteiger partial charge is 0.462 e. The van der Waals surface area contributed by atoms with E-state index in [9.17, 15) is 14.4 Å². The summed E-state index contributed by atoms with van der Waals surface area (Å²) in [5, 5.41) is 0. The summed E-state index contributed by atoms with van der Waals surface area (Å²) in [5.41, 5.74) is 0. The van der Waals surface area contributed by atoms with Crippen LogP contribution in [0.3, 0.4) is 0 Å². The molecule has 1 atom stereocenters. The van der Waals surface area contributed by atoms with Crippen molar-refractivity contribution in [2.45, 2.75) is 335 Å². The van der Waals surface area contributed by atoms with Crippen molar-refractivity contribution in [2.24, 2.45) is 0 Å². The highest BCUT2D eigenvalue weighted by molar-refractivity contribution is 5.71. The number of unbranched alkanes of at least 4 members (excludes halogenated alkanes) is 38. The Kier molecular flexibility index (Phi) is 57.7. The maximum absolute atomic E-state index is 12.9. The molecule has 0 spiro atoms. The smallest absolute Gasteiger partial charge is 0.306 e. The number of carbonyl (C=O) groups is 3. The van der Waals surface area contributed by atoms with Crippen molar-refractivity contribution in [3.8, 4) is 0 Å². The predicted molar refractivity (Wildman–Crippen MR) is 307 cm³/mol. The van der Waals surface area contributed by atoms with E-state index in [0.717, 1.165) is 77.0 Å². The molecule has 0 saturated carbocycles. The van der Waals surface area contributed by atoms with Gasteiger partial charge < -0.3 is 14.2 Å². The summed E-state index contributed by atoms with van der Waals surface area (Å²) >= 11 is 0. The van der Waals surface area contributed by atoms with Gasteiger partial charge in [-0.25, -0.2) is 0 Å². The van der Waals surface area contributed by atoms with Gasteiger partial charge in [0.2, 0.25) is 0 Å². The molecular weight excluding hydrogens is 877 g/mol. The SMILES string of the molecule is CCCC/C=C\C/C=C\CCCCCCCC(=O)OCC(COC(=O)CCCCCCCCCCC/C=C\CCCCCCCCCC)OC(=O)CCCCCCCCC/C=C\CCCCCCCCC. The Bertz CT molecular complexity index is 1230. The zero-order chi connectivity index (χ0) is 51.4. The fraction of sp³-hybridized carbons (Fsp3) is 0.831. The normalized spacial score (nSPS) is 12.3. The molecule has 0 aliphatic heterocycles. The average molecular weight is 996 g/mol. The van der Waals surface area contributed by atoms with Gasteiger partial charge in [0, 0.05) is 19.3 Å². The Morgan fingerprint density at radius 1 is 0.282 bits per heavy atom. The molecule has 414 valence electrons. The molecule has 0 saturated heterocycles. The zero-order valence-corrected chi connectivity index (χ0v) is 47.5. The van der Waals surface area contributed by atoms with Gasteiger partial charge in [-0.05, 0) is 96.3 Å². The summed E-state index contributed by atoms with van der Waals surface area (Å²) in [4.78, 5) is 38.2. The Morgan fingerprint density at radius 2 is 0.521 bits per heavy atom. The van der Waals surface area contributed by atoms with E-state index in [-0.39, 0.29) is 31.1 Å². The molecule has 1 unspecified atom stereocenters. The van der Waals surface area contributed by atoms with E-state index in [1.807, 2.05) is 0 Å². The van der Waals surface area contributed by atoms with Crippen molar-refractivity contribution in [2.75, 3.05) is 13.2 Å². The lowest BCUT2D eigenvalue weighted by Crippen LogP contribution is -2.30. The molecule has 0 heterocycles. The molecule has 0 N–H and O–H groups in total. The Morgan fingerprint density at radius 3 is 0.831 bits per heavy atom. The standard InChI is InChI=1S/C65H118O6/c1-4-7-10-13-16-19-22-25-28-30-32-33-34-36-37-40-43-46-49-52-55-58-64(67)70-61-62(60-69-63(66)57-54-51-48-45-42-39-27-24-21-18-15-12-9-6-3)71-65(68)59-56-53-50-47-44-41-38-35-31-29-26-23-20-17-14-11-8-5-2/h15,18,24,27,29-32,62H,4-14,16-17,19-23,25-26,28,33-61H2,1-3H3/b18-15-,27-24-,31-29-,32-30-. The van der Waals surface area contributed by atoms with Crippen LogP contribution < -0.4 is 0 Å². The van der Waals surface area contributed by atoms with Gasteiger partial charge >= 0.3 is 17.9 Å². The van der Waals surface area contributed by atoms with Gasteiger partial charge in [-0.15, -0.1) is 0 Å². The summed E-state index contributed by atoms with van der Waals surface area (Å²) in [6.07, 6.45) is 73.9. The minimum atomic E-state index is -0.782. The van der Waals surface area contributed by atoms with Crippen LogP contribution in [0.5, 0.6) is 0 Å². The van der Waals surface area contributed by atoms with Crippen molar-refractivity contribution in [1.82, 2.24) is 0 Å².